The van der Waals surface area contributed by atoms with E-state index in [9.17, 15) is 0 Å². The molecule has 2 aromatic rings. The molecule has 4 nitrogen and oxygen atoms in total. The Hall–Kier alpha value is -1.81. The molecule has 0 saturated carbocycles. The summed E-state index contributed by atoms with van der Waals surface area (Å²) >= 11 is 6.09. The van der Waals surface area contributed by atoms with Gasteiger partial charge in [-0.2, -0.15) is 0 Å². The lowest BCUT2D eigenvalue weighted by atomic mass is 10.1. The summed E-state index contributed by atoms with van der Waals surface area (Å²) in [5.41, 5.74) is 2.29. The lowest BCUT2D eigenvalue weighted by Crippen LogP contribution is -2.24. The first-order chi connectivity index (χ1) is 10.1. The number of rotatable bonds is 5. The van der Waals surface area contributed by atoms with E-state index in [0.29, 0.717) is 0 Å². The van der Waals surface area contributed by atoms with Crippen LogP contribution in [-0.4, -0.2) is 24.1 Å². The van der Waals surface area contributed by atoms with Gasteiger partial charge in [0.25, 0.3) is 0 Å². The van der Waals surface area contributed by atoms with E-state index in [2.05, 4.69) is 40.1 Å². The fraction of sp³-hybridized carbons (Fsp3) is 0.375. The Balaban J connectivity index is 2.37. The second kappa shape index (κ2) is 6.76. The summed E-state index contributed by atoms with van der Waals surface area (Å²) in [5, 5.41) is 3.88. The van der Waals surface area contributed by atoms with Crippen LogP contribution in [-0.2, 0) is 6.42 Å². The lowest BCUT2D eigenvalue weighted by Gasteiger charge is -2.28. The number of nitrogens with one attached hydrogen (secondary N) is 1. The van der Waals surface area contributed by atoms with Crippen molar-refractivity contribution in [3.8, 4) is 0 Å². The molecular weight excluding hydrogens is 284 g/mol. The van der Waals surface area contributed by atoms with E-state index in [1.807, 2.05) is 32.3 Å². The lowest BCUT2D eigenvalue weighted by molar-refractivity contribution is 0.721. The number of anilines is 2. The molecule has 1 aromatic carbocycles. The summed E-state index contributed by atoms with van der Waals surface area (Å²) in [6, 6.07) is 8.11. The molecule has 112 valence electrons. The summed E-state index contributed by atoms with van der Waals surface area (Å²) in [7, 11) is 3.93. The molecule has 21 heavy (non-hydrogen) atoms. The average Bonchev–Trinajstić information content (AvgIpc) is 2.52. The van der Waals surface area contributed by atoms with Crippen LogP contribution in [0.2, 0.25) is 5.02 Å². The van der Waals surface area contributed by atoms with E-state index in [-0.39, 0.29) is 6.04 Å². The Kier molecular flexibility index (Phi) is 5.02. The van der Waals surface area contributed by atoms with Crippen molar-refractivity contribution in [3.05, 3.63) is 46.7 Å². The summed E-state index contributed by atoms with van der Waals surface area (Å²) in [6.45, 7) is 4.26. The Labute approximate surface area is 131 Å². The van der Waals surface area contributed by atoms with Crippen LogP contribution in [0.1, 0.15) is 31.0 Å². The van der Waals surface area contributed by atoms with Crippen LogP contribution in [0.25, 0.3) is 0 Å². The number of aromatic nitrogens is 2. The van der Waals surface area contributed by atoms with Crippen molar-refractivity contribution in [2.24, 2.45) is 0 Å². The fourth-order valence-electron chi connectivity index (χ4n) is 2.42. The minimum absolute atomic E-state index is 0.175. The van der Waals surface area contributed by atoms with Gasteiger partial charge in [0.05, 0.1) is 6.04 Å². The Morgan fingerprint density at radius 1 is 1.33 bits per heavy atom. The number of nitrogens with zero attached hydrogens (tertiary/aromatic N) is 3. The topological polar surface area (TPSA) is 41.1 Å². The van der Waals surface area contributed by atoms with Gasteiger partial charge in [0, 0.05) is 24.7 Å². The third-order valence-corrected chi connectivity index (χ3v) is 3.99. The van der Waals surface area contributed by atoms with Gasteiger partial charge in [-0.15, -0.1) is 0 Å². The predicted octanol–water partition coefficient (Wildman–Crippen LogP) is 3.93. The number of benzene rings is 1. The van der Waals surface area contributed by atoms with E-state index in [0.717, 1.165) is 34.2 Å². The maximum Gasteiger partial charge on any atom is 0.137 e. The predicted molar refractivity (Wildman–Crippen MR) is 89.2 cm³/mol. The summed E-state index contributed by atoms with van der Waals surface area (Å²) in [5.74, 6) is 1.83. The normalized spacial score (nSPS) is 12.0. The highest BCUT2D eigenvalue weighted by atomic mass is 35.5. The van der Waals surface area contributed by atoms with Gasteiger partial charge in [-0.1, -0.05) is 30.7 Å². The van der Waals surface area contributed by atoms with Gasteiger partial charge in [-0.05, 0) is 31.0 Å². The van der Waals surface area contributed by atoms with Crippen molar-refractivity contribution in [3.63, 3.8) is 0 Å². The fourth-order valence-corrected chi connectivity index (χ4v) is 2.62. The molecule has 0 amide bonds. The molecule has 1 unspecified atom stereocenters. The summed E-state index contributed by atoms with van der Waals surface area (Å²) in [4.78, 5) is 10.9. The molecule has 5 heteroatoms. The van der Waals surface area contributed by atoms with Crippen LogP contribution < -0.4 is 10.2 Å². The summed E-state index contributed by atoms with van der Waals surface area (Å²) in [6.07, 6.45) is 2.47. The maximum absolute atomic E-state index is 6.09. The summed E-state index contributed by atoms with van der Waals surface area (Å²) < 4.78 is 0. The molecule has 1 aromatic heterocycles. The van der Waals surface area contributed by atoms with Gasteiger partial charge < -0.3 is 10.2 Å². The zero-order chi connectivity index (χ0) is 15.4. The first-order valence-corrected chi connectivity index (χ1v) is 7.46. The molecule has 0 saturated heterocycles. The van der Waals surface area contributed by atoms with Gasteiger partial charge >= 0.3 is 0 Å². The quantitative estimate of drug-likeness (QED) is 0.908. The minimum Gasteiger partial charge on any atom is -0.373 e. The Morgan fingerprint density at radius 3 is 2.71 bits per heavy atom. The molecule has 0 aliphatic heterocycles. The Bertz CT molecular complexity index is 615. The molecule has 0 bridgehead atoms. The zero-order valence-corrected chi connectivity index (χ0v) is 13.6. The van der Waals surface area contributed by atoms with E-state index in [1.165, 1.54) is 0 Å². The van der Waals surface area contributed by atoms with Crippen molar-refractivity contribution in [1.82, 2.24) is 9.97 Å². The van der Waals surface area contributed by atoms with E-state index in [1.54, 1.807) is 6.33 Å². The second-order valence-electron chi connectivity index (χ2n) is 4.97. The number of hydrogen-bond donors (Lipinski definition) is 1. The van der Waals surface area contributed by atoms with Gasteiger partial charge in [0.15, 0.2) is 0 Å². The van der Waals surface area contributed by atoms with Crippen molar-refractivity contribution >= 4 is 23.2 Å². The van der Waals surface area contributed by atoms with Gasteiger partial charge in [0.1, 0.15) is 18.0 Å². The number of halogens is 1. The van der Waals surface area contributed by atoms with Crippen LogP contribution >= 0.6 is 11.6 Å². The number of hydrogen-bond acceptors (Lipinski definition) is 4. The van der Waals surface area contributed by atoms with Crippen molar-refractivity contribution in [2.45, 2.75) is 26.3 Å². The third-order valence-electron chi connectivity index (χ3n) is 3.76. The molecule has 1 heterocycles. The SMILES string of the molecule is CCc1c(NC)ncnc1N(C)C(C)c1cccc(Cl)c1. The van der Waals surface area contributed by atoms with Crippen LogP contribution in [0, 0.1) is 0 Å². The molecular formula is C16H21ClN4. The standard InChI is InChI=1S/C16H21ClN4/c1-5-14-15(18-3)19-10-20-16(14)21(4)11(2)12-7-6-8-13(17)9-12/h6-11H,5H2,1-4H3,(H,18,19,20). The molecule has 0 aliphatic carbocycles. The van der Waals surface area contributed by atoms with Crippen LogP contribution in [0.3, 0.4) is 0 Å². The molecule has 0 aliphatic rings. The molecule has 0 spiro atoms. The minimum atomic E-state index is 0.175. The largest absolute Gasteiger partial charge is 0.373 e. The molecule has 1 N–H and O–H groups in total. The highest BCUT2D eigenvalue weighted by Gasteiger charge is 2.18. The second-order valence-corrected chi connectivity index (χ2v) is 5.41. The zero-order valence-electron chi connectivity index (χ0n) is 12.9. The molecule has 0 fully saturated rings. The van der Waals surface area contributed by atoms with Gasteiger partial charge in [-0.3, -0.25) is 0 Å². The Morgan fingerprint density at radius 2 is 2.10 bits per heavy atom. The van der Waals surface area contributed by atoms with Crippen LogP contribution in [0.4, 0.5) is 11.6 Å². The van der Waals surface area contributed by atoms with E-state index in [4.69, 9.17) is 11.6 Å². The van der Waals surface area contributed by atoms with Gasteiger partial charge in [0.2, 0.25) is 0 Å². The smallest absolute Gasteiger partial charge is 0.137 e. The average molecular weight is 305 g/mol. The monoisotopic (exact) mass is 304 g/mol. The van der Waals surface area contributed by atoms with Crippen LogP contribution in [0.15, 0.2) is 30.6 Å². The third kappa shape index (κ3) is 3.27. The molecule has 0 radical (unpaired) electrons. The first-order valence-electron chi connectivity index (χ1n) is 7.08. The molecule has 1 atom stereocenters. The van der Waals surface area contributed by atoms with Gasteiger partial charge in [-0.25, -0.2) is 9.97 Å². The van der Waals surface area contributed by atoms with Crippen molar-refractivity contribution in [2.75, 3.05) is 24.3 Å². The first kappa shape index (κ1) is 15.6. The van der Waals surface area contributed by atoms with E-state index >= 15 is 0 Å². The van der Waals surface area contributed by atoms with Crippen molar-refractivity contribution in [1.29, 1.82) is 0 Å². The highest BCUT2D eigenvalue weighted by Crippen LogP contribution is 2.30. The van der Waals surface area contributed by atoms with Crippen LogP contribution in [0.5, 0.6) is 0 Å². The highest BCUT2D eigenvalue weighted by molar-refractivity contribution is 6.30. The van der Waals surface area contributed by atoms with Crippen molar-refractivity contribution < 1.29 is 0 Å². The molecule has 2 rings (SSSR count). The maximum atomic E-state index is 6.09. The van der Waals surface area contributed by atoms with E-state index < -0.39 is 0 Å².